The second-order valence-corrected chi connectivity index (χ2v) is 3.34. The van der Waals surface area contributed by atoms with Gasteiger partial charge in [0.05, 0.1) is 5.75 Å². The van der Waals surface area contributed by atoms with Gasteiger partial charge in [-0.1, -0.05) is 0 Å². The van der Waals surface area contributed by atoms with Gasteiger partial charge in [-0.15, -0.1) is 0 Å². The molecule has 0 spiro atoms. The minimum Gasteiger partial charge on any atom is -0.170 e. The predicted molar refractivity (Wildman–Crippen MR) is 35.9 cm³/mol. The number of halogens is 3. The molecule has 0 aromatic carbocycles. The van der Waals surface area contributed by atoms with Crippen LogP contribution < -0.4 is 0 Å². The molecule has 10 heavy (non-hydrogen) atoms. The number of thioether (sulfide) groups is 1. The molecule has 1 rings (SSSR count). The van der Waals surface area contributed by atoms with Crippen LogP contribution in [0.5, 0.6) is 0 Å². The number of alkyl halides is 3. The first-order valence-corrected chi connectivity index (χ1v) is 4.21. The summed E-state index contributed by atoms with van der Waals surface area (Å²) in [4.78, 5) is 0. The van der Waals surface area contributed by atoms with Crippen molar-refractivity contribution in [2.24, 2.45) is 0 Å². The molecule has 1 radical (unpaired) electrons. The molecule has 0 heterocycles. The SMILES string of the molecule is FC(F)(F)CSC[C]1CC1. The second kappa shape index (κ2) is 3.03. The Hall–Kier alpha value is 0.140. The zero-order valence-corrected chi connectivity index (χ0v) is 6.19. The van der Waals surface area contributed by atoms with E-state index in [2.05, 4.69) is 0 Å². The van der Waals surface area contributed by atoms with Gasteiger partial charge in [-0.25, -0.2) is 0 Å². The molecule has 4 heteroatoms. The van der Waals surface area contributed by atoms with Gasteiger partial charge in [0.15, 0.2) is 0 Å². The van der Waals surface area contributed by atoms with E-state index < -0.39 is 11.9 Å². The van der Waals surface area contributed by atoms with E-state index in [-0.39, 0.29) is 0 Å². The predicted octanol–water partition coefficient (Wildman–Crippen LogP) is 2.65. The molecule has 0 bridgehead atoms. The van der Waals surface area contributed by atoms with E-state index in [0.29, 0.717) is 5.75 Å². The molecule has 0 saturated heterocycles. The standard InChI is InChI=1S/C6H8F3S/c7-6(8,9)4-10-3-5-1-2-5/h1-4H2. The van der Waals surface area contributed by atoms with Crippen LogP contribution in [-0.2, 0) is 0 Å². The van der Waals surface area contributed by atoms with Crippen LogP contribution in [0.25, 0.3) is 0 Å². The lowest BCUT2D eigenvalue weighted by Gasteiger charge is -2.03. The van der Waals surface area contributed by atoms with Crippen LogP contribution in [0.4, 0.5) is 13.2 Å². The normalized spacial score (nSPS) is 19.5. The first kappa shape index (κ1) is 8.24. The quantitative estimate of drug-likeness (QED) is 0.625. The third-order valence-corrected chi connectivity index (χ3v) is 2.32. The Bertz CT molecular complexity index is 106. The van der Waals surface area contributed by atoms with Crippen molar-refractivity contribution in [3.63, 3.8) is 0 Å². The maximum absolute atomic E-state index is 11.5. The Morgan fingerprint density at radius 3 is 2.30 bits per heavy atom. The second-order valence-electron chi connectivity index (χ2n) is 2.36. The van der Waals surface area contributed by atoms with Gasteiger partial charge >= 0.3 is 6.18 Å². The van der Waals surface area contributed by atoms with E-state index in [4.69, 9.17) is 0 Å². The summed E-state index contributed by atoms with van der Waals surface area (Å²) in [6.45, 7) is 0. The first-order chi connectivity index (χ1) is 4.58. The molecular weight excluding hydrogens is 161 g/mol. The average molecular weight is 169 g/mol. The van der Waals surface area contributed by atoms with Gasteiger partial charge in [-0.3, -0.25) is 0 Å². The van der Waals surface area contributed by atoms with E-state index >= 15 is 0 Å². The van der Waals surface area contributed by atoms with Gasteiger partial charge in [0.25, 0.3) is 0 Å². The zero-order chi connectivity index (χ0) is 7.61. The highest BCUT2D eigenvalue weighted by molar-refractivity contribution is 7.99. The van der Waals surface area contributed by atoms with Gasteiger partial charge in [0.1, 0.15) is 0 Å². The summed E-state index contributed by atoms with van der Waals surface area (Å²) >= 11 is 0.969. The fourth-order valence-corrected chi connectivity index (χ4v) is 1.45. The lowest BCUT2D eigenvalue weighted by molar-refractivity contribution is -0.105. The van der Waals surface area contributed by atoms with E-state index in [1.807, 2.05) is 0 Å². The topological polar surface area (TPSA) is 0 Å². The van der Waals surface area contributed by atoms with Crippen molar-refractivity contribution in [1.82, 2.24) is 0 Å². The van der Waals surface area contributed by atoms with Crippen LogP contribution in [0.3, 0.4) is 0 Å². The fraction of sp³-hybridized carbons (Fsp3) is 0.833. The highest BCUT2D eigenvalue weighted by Crippen LogP contribution is 2.36. The summed E-state index contributed by atoms with van der Waals surface area (Å²) in [6.07, 6.45) is -1.89. The smallest absolute Gasteiger partial charge is 0.170 e. The highest BCUT2D eigenvalue weighted by Gasteiger charge is 2.29. The summed E-state index contributed by atoms with van der Waals surface area (Å²) in [7, 11) is 0. The Morgan fingerprint density at radius 2 is 1.90 bits per heavy atom. The molecule has 0 unspecified atom stereocenters. The summed E-state index contributed by atoms with van der Waals surface area (Å²) in [5.41, 5.74) is 0. The fourth-order valence-electron chi connectivity index (χ4n) is 0.544. The average Bonchev–Trinajstić information content (AvgIpc) is 2.45. The van der Waals surface area contributed by atoms with Crippen molar-refractivity contribution >= 4 is 11.8 Å². The third kappa shape index (κ3) is 4.04. The Morgan fingerprint density at radius 1 is 1.30 bits per heavy atom. The van der Waals surface area contributed by atoms with Crippen LogP contribution in [-0.4, -0.2) is 17.7 Å². The maximum Gasteiger partial charge on any atom is 0.397 e. The molecule has 1 fully saturated rings. The van der Waals surface area contributed by atoms with Gasteiger partial charge in [0.2, 0.25) is 0 Å². The molecule has 59 valence electrons. The summed E-state index contributed by atoms with van der Waals surface area (Å²) in [5.74, 6) is 1.19. The molecule has 0 aliphatic heterocycles. The Labute approximate surface area is 62.2 Å². The van der Waals surface area contributed by atoms with Crippen LogP contribution in [0, 0.1) is 5.92 Å². The lowest BCUT2D eigenvalue weighted by atomic mass is 10.5. The van der Waals surface area contributed by atoms with Gasteiger partial charge in [-0.05, 0) is 24.5 Å². The molecule has 0 amide bonds. The molecule has 0 aromatic rings. The molecule has 0 atom stereocenters. The molecule has 1 aliphatic rings. The zero-order valence-electron chi connectivity index (χ0n) is 5.37. The number of rotatable bonds is 3. The minimum absolute atomic E-state index is 0.611. The lowest BCUT2D eigenvalue weighted by Crippen LogP contribution is -2.11. The van der Waals surface area contributed by atoms with Crippen molar-refractivity contribution in [2.75, 3.05) is 11.5 Å². The van der Waals surface area contributed by atoms with Crippen molar-refractivity contribution < 1.29 is 13.2 Å². The van der Waals surface area contributed by atoms with Crippen LogP contribution in [0.15, 0.2) is 0 Å². The molecule has 1 aliphatic carbocycles. The third-order valence-electron chi connectivity index (χ3n) is 1.18. The van der Waals surface area contributed by atoms with Crippen LogP contribution in [0.1, 0.15) is 12.8 Å². The maximum atomic E-state index is 11.5. The van der Waals surface area contributed by atoms with Gasteiger partial charge < -0.3 is 0 Å². The van der Waals surface area contributed by atoms with Crippen molar-refractivity contribution in [1.29, 1.82) is 0 Å². The minimum atomic E-state index is -3.99. The van der Waals surface area contributed by atoms with Crippen molar-refractivity contribution in [3.05, 3.63) is 5.92 Å². The van der Waals surface area contributed by atoms with E-state index in [0.717, 1.165) is 24.6 Å². The largest absolute Gasteiger partial charge is 0.397 e. The molecular formula is C6H8F3S. The Kier molecular flexibility index (Phi) is 2.50. The number of hydrogen-bond donors (Lipinski definition) is 0. The van der Waals surface area contributed by atoms with E-state index in [9.17, 15) is 13.2 Å². The monoisotopic (exact) mass is 169 g/mol. The molecule has 0 aromatic heterocycles. The van der Waals surface area contributed by atoms with Gasteiger partial charge in [-0.2, -0.15) is 24.9 Å². The van der Waals surface area contributed by atoms with Crippen molar-refractivity contribution in [2.45, 2.75) is 19.0 Å². The van der Waals surface area contributed by atoms with Crippen molar-refractivity contribution in [3.8, 4) is 0 Å². The summed E-state index contributed by atoms with van der Waals surface area (Å²) in [5, 5.41) is 0. The molecule has 1 saturated carbocycles. The molecule has 0 nitrogen and oxygen atoms in total. The van der Waals surface area contributed by atoms with E-state index in [1.54, 1.807) is 0 Å². The van der Waals surface area contributed by atoms with Gasteiger partial charge in [0, 0.05) is 0 Å². The molecule has 0 N–H and O–H groups in total. The van der Waals surface area contributed by atoms with E-state index in [1.165, 1.54) is 5.92 Å². The van der Waals surface area contributed by atoms with Crippen LogP contribution >= 0.6 is 11.8 Å². The highest BCUT2D eigenvalue weighted by atomic mass is 32.2. The van der Waals surface area contributed by atoms with Crippen LogP contribution in [0.2, 0.25) is 0 Å². The number of hydrogen-bond acceptors (Lipinski definition) is 1. The first-order valence-electron chi connectivity index (χ1n) is 3.06. The summed E-state index contributed by atoms with van der Waals surface area (Å²) < 4.78 is 34.5. The summed E-state index contributed by atoms with van der Waals surface area (Å²) in [6, 6.07) is 0. The Balaban J connectivity index is 1.93.